The molecule has 0 aromatic heterocycles. The Morgan fingerprint density at radius 3 is 2.30 bits per heavy atom. The van der Waals surface area contributed by atoms with E-state index in [1.807, 2.05) is 0 Å². The fourth-order valence-corrected chi connectivity index (χ4v) is 1.65. The average Bonchev–Trinajstić information content (AvgIpc) is 2.39. The predicted octanol–water partition coefficient (Wildman–Crippen LogP) is 3.70. The summed E-state index contributed by atoms with van der Waals surface area (Å²) in [5, 5.41) is 18.4. The number of hydrogen-bond acceptors (Lipinski definition) is 3. The lowest BCUT2D eigenvalue weighted by atomic mass is 10.2. The Bertz CT molecular complexity index is 609. The lowest BCUT2D eigenvalue weighted by molar-refractivity contribution is -0.139. The van der Waals surface area contributed by atoms with Gasteiger partial charge in [0.1, 0.15) is 12.4 Å². The molecule has 2 aromatic rings. The molecule has 6 heteroatoms. The summed E-state index contributed by atoms with van der Waals surface area (Å²) in [5.74, 6) is -0.938. The highest BCUT2D eigenvalue weighted by molar-refractivity contribution is 5.41. The van der Waals surface area contributed by atoms with Crippen molar-refractivity contribution in [2.45, 2.75) is 12.8 Å². The minimum Gasteiger partial charge on any atom is -0.504 e. The molecule has 0 saturated carbocycles. The van der Waals surface area contributed by atoms with Crippen LogP contribution in [0.2, 0.25) is 0 Å². The van der Waals surface area contributed by atoms with Crippen molar-refractivity contribution in [1.82, 2.24) is 0 Å². The minimum atomic E-state index is -4.49. The Labute approximate surface area is 112 Å². The van der Waals surface area contributed by atoms with E-state index < -0.39 is 11.7 Å². The molecular weight excluding hydrogens is 273 g/mol. The fraction of sp³-hybridized carbons (Fsp3) is 0.143. The number of alkyl halides is 3. The van der Waals surface area contributed by atoms with Crippen LogP contribution in [0.25, 0.3) is 0 Å². The lowest BCUT2D eigenvalue weighted by Gasteiger charge is -2.13. The smallest absolute Gasteiger partial charge is 0.419 e. The molecule has 20 heavy (non-hydrogen) atoms. The van der Waals surface area contributed by atoms with Gasteiger partial charge in [-0.3, -0.25) is 0 Å². The maximum Gasteiger partial charge on any atom is 0.419 e. The summed E-state index contributed by atoms with van der Waals surface area (Å²) >= 11 is 0. The van der Waals surface area contributed by atoms with Crippen LogP contribution in [0.1, 0.15) is 11.1 Å². The van der Waals surface area contributed by atoms with Gasteiger partial charge < -0.3 is 14.9 Å². The van der Waals surface area contributed by atoms with E-state index in [4.69, 9.17) is 9.84 Å². The van der Waals surface area contributed by atoms with Crippen LogP contribution in [-0.2, 0) is 12.8 Å². The monoisotopic (exact) mass is 284 g/mol. The number of aromatic hydroxyl groups is 2. The van der Waals surface area contributed by atoms with Crippen LogP contribution >= 0.6 is 0 Å². The van der Waals surface area contributed by atoms with Gasteiger partial charge in [-0.25, -0.2) is 0 Å². The molecule has 0 atom stereocenters. The Kier molecular flexibility index (Phi) is 3.74. The molecule has 0 spiro atoms. The van der Waals surface area contributed by atoms with Crippen molar-refractivity contribution >= 4 is 0 Å². The standard InChI is InChI=1S/C14H11F3O3/c15-14(16,17)10-3-1-2-4-13(10)20-8-9-5-6-11(18)12(19)7-9/h1-7,18-19H,8H2. The largest absolute Gasteiger partial charge is 0.504 e. The van der Waals surface area contributed by atoms with Crippen LogP contribution in [0, 0.1) is 0 Å². The van der Waals surface area contributed by atoms with E-state index in [0.717, 1.165) is 6.07 Å². The van der Waals surface area contributed by atoms with Crippen LogP contribution in [0.3, 0.4) is 0 Å². The highest BCUT2D eigenvalue weighted by atomic mass is 19.4. The summed E-state index contributed by atoms with van der Waals surface area (Å²) < 4.78 is 43.3. The van der Waals surface area contributed by atoms with E-state index >= 15 is 0 Å². The van der Waals surface area contributed by atoms with Gasteiger partial charge in [0.05, 0.1) is 5.56 Å². The number of benzene rings is 2. The lowest BCUT2D eigenvalue weighted by Crippen LogP contribution is -2.08. The third-order valence-electron chi connectivity index (χ3n) is 2.63. The van der Waals surface area contributed by atoms with Gasteiger partial charge in [-0.15, -0.1) is 0 Å². The van der Waals surface area contributed by atoms with Crippen molar-refractivity contribution in [3.8, 4) is 17.2 Å². The van der Waals surface area contributed by atoms with Gasteiger partial charge >= 0.3 is 6.18 Å². The van der Waals surface area contributed by atoms with Crippen molar-refractivity contribution in [3.05, 3.63) is 53.6 Å². The van der Waals surface area contributed by atoms with Gasteiger partial charge in [0.25, 0.3) is 0 Å². The maximum atomic E-state index is 12.7. The zero-order chi connectivity index (χ0) is 14.8. The second-order valence-corrected chi connectivity index (χ2v) is 4.11. The Morgan fingerprint density at radius 2 is 1.65 bits per heavy atom. The fourth-order valence-electron chi connectivity index (χ4n) is 1.65. The van der Waals surface area contributed by atoms with Crippen molar-refractivity contribution in [3.63, 3.8) is 0 Å². The average molecular weight is 284 g/mol. The normalized spacial score (nSPS) is 11.3. The number of phenols is 2. The summed E-state index contributed by atoms with van der Waals surface area (Å²) in [6.07, 6.45) is -4.49. The van der Waals surface area contributed by atoms with Gasteiger partial charge in [0.2, 0.25) is 0 Å². The van der Waals surface area contributed by atoms with E-state index in [0.29, 0.717) is 5.56 Å². The number of rotatable bonds is 3. The van der Waals surface area contributed by atoms with Crippen molar-refractivity contribution < 1.29 is 28.1 Å². The predicted molar refractivity (Wildman–Crippen MR) is 65.5 cm³/mol. The van der Waals surface area contributed by atoms with E-state index in [2.05, 4.69) is 0 Å². The first kappa shape index (κ1) is 14.0. The Morgan fingerprint density at radius 1 is 0.950 bits per heavy atom. The van der Waals surface area contributed by atoms with Crippen LogP contribution in [0.5, 0.6) is 17.2 Å². The number of para-hydroxylation sites is 1. The summed E-state index contributed by atoms with van der Waals surface area (Å²) in [6, 6.07) is 8.80. The highest BCUT2D eigenvalue weighted by Gasteiger charge is 2.33. The third kappa shape index (κ3) is 3.14. The first-order valence-electron chi connectivity index (χ1n) is 5.68. The number of ether oxygens (including phenoxy) is 1. The Balaban J connectivity index is 2.17. The van der Waals surface area contributed by atoms with Gasteiger partial charge in [0, 0.05) is 0 Å². The molecule has 0 aliphatic heterocycles. The van der Waals surface area contributed by atoms with Crippen LogP contribution in [0.4, 0.5) is 13.2 Å². The van der Waals surface area contributed by atoms with Gasteiger partial charge in [0.15, 0.2) is 11.5 Å². The Hall–Kier alpha value is -2.37. The van der Waals surface area contributed by atoms with Crippen molar-refractivity contribution in [1.29, 1.82) is 0 Å². The first-order valence-corrected chi connectivity index (χ1v) is 5.68. The van der Waals surface area contributed by atoms with Gasteiger partial charge in [-0.05, 0) is 29.8 Å². The molecule has 106 valence electrons. The van der Waals surface area contributed by atoms with E-state index in [1.54, 1.807) is 0 Å². The molecule has 3 nitrogen and oxygen atoms in total. The van der Waals surface area contributed by atoms with Crippen molar-refractivity contribution in [2.24, 2.45) is 0 Å². The van der Waals surface area contributed by atoms with Crippen LogP contribution in [0.15, 0.2) is 42.5 Å². The molecule has 0 saturated heterocycles. The second-order valence-electron chi connectivity index (χ2n) is 4.11. The molecule has 0 fully saturated rings. The molecule has 0 radical (unpaired) electrons. The quantitative estimate of drug-likeness (QED) is 0.845. The molecule has 2 rings (SSSR count). The molecular formula is C14H11F3O3. The van der Waals surface area contributed by atoms with E-state index in [-0.39, 0.29) is 23.9 Å². The SMILES string of the molecule is Oc1ccc(COc2ccccc2C(F)(F)F)cc1O. The van der Waals surface area contributed by atoms with Gasteiger partial charge in [-0.2, -0.15) is 13.2 Å². The molecule has 0 amide bonds. The summed E-state index contributed by atoms with van der Waals surface area (Å²) in [7, 11) is 0. The summed E-state index contributed by atoms with van der Waals surface area (Å²) in [6.45, 7) is -0.152. The number of phenolic OH excluding ortho intramolecular Hbond substituents is 2. The molecule has 0 unspecified atom stereocenters. The van der Waals surface area contributed by atoms with Crippen LogP contribution in [-0.4, -0.2) is 10.2 Å². The minimum absolute atomic E-state index is 0.152. The van der Waals surface area contributed by atoms with Crippen LogP contribution < -0.4 is 4.74 Å². The third-order valence-corrected chi connectivity index (χ3v) is 2.63. The van der Waals surface area contributed by atoms with E-state index in [9.17, 15) is 18.3 Å². The molecule has 2 aromatic carbocycles. The molecule has 0 aliphatic rings. The summed E-state index contributed by atoms with van der Waals surface area (Å²) in [5.41, 5.74) is -0.416. The van der Waals surface area contributed by atoms with Crippen molar-refractivity contribution in [2.75, 3.05) is 0 Å². The zero-order valence-electron chi connectivity index (χ0n) is 10.2. The molecule has 2 N–H and O–H groups in total. The topological polar surface area (TPSA) is 49.7 Å². The highest BCUT2D eigenvalue weighted by Crippen LogP contribution is 2.36. The number of halogens is 3. The van der Waals surface area contributed by atoms with Gasteiger partial charge in [-0.1, -0.05) is 18.2 Å². The molecule has 0 heterocycles. The first-order chi connectivity index (χ1) is 9.38. The summed E-state index contributed by atoms with van der Waals surface area (Å²) in [4.78, 5) is 0. The second kappa shape index (κ2) is 5.32. The maximum absolute atomic E-state index is 12.7. The molecule has 0 bridgehead atoms. The number of hydrogen-bond donors (Lipinski definition) is 2. The zero-order valence-corrected chi connectivity index (χ0v) is 10.2. The van der Waals surface area contributed by atoms with E-state index in [1.165, 1.54) is 36.4 Å². The molecule has 0 aliphatic carbocycles.